The zero-order valence-electron chi connectivity index (χ0n) is 16.2. The number of fused-ring (bicyclic) bond motifs is 2. The molecule has 0 unspecified atom stereocenters. The first-order valence-corrected chi connectivity index (χ1v) is 9.06. The summed E-state index contributed by atoms with van der Waals surface area (Å²) in [7, 11) is 8.23. The molecule has 0 aromatic heterocycles. The molecule has 0 aliphatic heterocycles. The van der Waals surface area contributed by atoms with E-state index in [2.05, 4.69) is 86.5 Å². The predicted molar refractivity (Wildman–Crippen MR) is 110 cm³/mol. The lowest BCUT2D eigenvalue weighted by molar-refractivity contribution is 0.262. The molecule has 0 amide bonds. The lowest BCUT2D eigenvalue weighted by atomic mass is 10.0. The maximum atomic E-state index is 6.24. The second kappa shape index (κ2) is 8.39. The third-order valence-electron chi connectivity index (χ3n) is 4.40. The molecule has 0 fully saturated rings. The molecule has 138 valence electrons. The van der Waals surface area contributed by atoms with Crippen molar-refractivity contribution >= 4 is 21.5 Å². The van der Waals surface area contributed by atoms with Gasteiger partial charge in [-0.3, -0.25) is 0 Å². The summed E-state index contributed by atoms with van der Waals surface area (Å²) in [5.74, 6) is 1.89. The summed E-state index contributed by atoms with van der Waals surface area (Å²) < 4.78 is 12.5. The Hall–Kier alpha value is -2.30. The SMILES string of the molecule is CN(C)CCOc1c2ccccc2c(OCCN(C)C)c2ccccc12. The van der Waals surface area contributed by atoms with E-state index in [1.165, 1.54) is 0 Å². The van der Waals surface area contributed by atoms with Gasteiger partial charge in [0.05, 0.1) is 0 Å². The van der Waals surface area contributed by atoms with Gasteiger partial charge < -0.3 is 19.3 Å². The summed E-state index contributed by atoms with van der Waals surface area (Å²) in [6.45, 7) is 3.07. The maximum absolute atomic E-state index is 6.24. The maximum Gasteiger partial charge on any atom is 0.135 e. The highest BCUT2D eigenvalue weighted by Gasteiger charge is 2.15. The van der Waals surface area contributed by atoms with Crippen molar-refractivity contribution in [3.63, 3.8) is 0 Å². The average Bonchev–Trinajstić information content (AvgIpc) is 2.62. The molecular formula is C22H28N2O2. The highest BCUT2D eigenvalue weighted by atomic mass is 16.5. The van der Waals surface area contributed by atoms with Gasteiger partial charge in [0.2, 0.25) is 0 Å². The Morgan fingerprint density at radius 2 is 0.885 bits per heavy atom. The quantitative estimate of drug-likeness (QED) is 0.575. The van der Waals surface area contributed by atoms with E-state index in [-0.39, 0.29) is 0 Å². The van der Waals surface area contributed by atoms with Gasteiger partial charge in [-0.25, -0.2) is 0 Å². The van der Waals surface area contributed by atoms with Crippen molar-refractivity contribution in [3.8, 4) is 11.5 Å². The van der Waals surface area contributed by atoms with Gasteiger partial charge in [0, 0.05) is 34.6 Å². The van der Waals surface area contributed by atoms with Crippen LogP contribution in [0.5, 0.6) is 11.5 Å². The van der Waals surface area contributed by atoms with Crippen molar-refractivity contribution in [1.29, 1.82) is 0 Å². The van der Waals surface area contributed by atoms with E-state index in [0.717, 1.165) is 46.1 Å². The topological polar surface area (TPSA) is 24.9 Å². The van der Waals surface area contributed by atoms with Crippen LogP contribution in [0.3, 0.4) is 0 Å². The minimum atomic E-state index is 0.655. The molecule has 26 heavy (non-hydrogen) atoms. The summed E-state index contributed by atoms with van der Waals surface area (Å²) in [5, 5.41) is 4.41. The minimum Gasteiger partial charge on any atom is -0.491 e. The monoisotopic (exact) mass is 352 g/mol. The van der Waals surface area contributed by atoms with Gasteiger partial charge in [-0.2, -0.15) is 0 Å². The van der Waals surface area contributed by atoms with E-state index in [4.69, 9.17) is 9.47 Å². The van der Waals surface area contributed by atoms with Crippen molar-refractivity contribution in [1.82, 2.24) is 9.80 Å². The highest BCUT2D eigenvalue weighted by molar-refractivity contribution is 6.11. The molecule has 0 heterocycles. The zero-order chi connectivity index (χ0) is 18.5. The number of rotatable bonds is 8. The second-order valence-corrected chi connectivity index (χ2v) is 7.05. The van der Waals surface area contributed by atoms with Gasteiger partial charge in [-0.1, -0.05) is 48.5 Å². The Morgan fingerprint density at radius 3 is 1.15 bits per heavy atom. The van der Waals surface area contributed by atoms with Gasteiger partial charge in [0.25, 0.3) is 0 Å². The lowest BCUT2D eigenvalue weighted by Crippen LogP contribution is -2.20. The van der Waals surface area contributed by atoms with Crippen molar-refractivity contribution in [2.75, 3.05) is 54.5 Å². The first kappa shape index (κ1) is 18.5. The van der Waals surface area contributed by atoms with Crippen LogP contribution in [0.2, 0.25) is 0 Å². The fraction of sp³-hybridized carbons (Fsp3) is 0.364. The van der Waals surface area contributed by atoms with E-state index in [1.807, 2.05) is 0 Å². The van der Waals surface area contributed by atoms with Crippen LogP contribution in [0.15, 0.2) is 48.5 Å². The van der Waals surface area contributed by atoms with Crippen LogP contribution in [-0.4, -0.2) is 64.3 Å². The summed E-state index contributed by atoms with van der Waals surface area (Å²) in [6, 6.07) is 16.7. The standard InChI is InChI=1S/C22H28N2O2/c1-23(2)13-15-25-21-17-9-5-7-11-19(17)22(26-16-14-24(3)4)20-12-8-6-10-18(20)21/h5-12H,13-16H2,1-4H3. The number of likely N-dealkylation sites (N-methyl/N-ethyl adjacent to an activating group) is 2. The van der Waals surface area contributed by atoms with Gasteiger partial charge in [-0.05, 0) is 28.2 Å². The van der Waals surface area contributed by atoms with Crippen LogP contribution in [0.4, 0.5) is 0 Å². The molecule has 0 N–H and O–H groups in total. The Morgan fingerprint density at radius 1 is 0.577 bits per heavy atom. The van der Waals surface area contributed by atoms with Gasteiger partial charge >= 0.3 is 0 Å². The first-order chi connectivity index (χ1) is 12.6. The van der Waals surface area contributed by atoms with Crippen molar-refractivity contribution in [2.24, 2.45) is 0 Å². The van der Waals surface area contributed by atoms with Crippen LogP contribution >= 0.6 is 0 Å². The molecule has 0 saturated carbocycles. The lowest BCUT2D eigenvalue weighted by Gasteiger charge is -2.19. The number of hydrogen-bond donors (Lipinski definition) is 0. The fourth-order valence-corrected chi connectivity index (χ4v) is 3.02. The molecule has 3 aromatic carbocycles. The Balaban J connectivity index is 2.09. The third kappa shape index (κ3) is 4.09. The largest absolute Gasteiger partial charge is 0.491 e. The van der Waals surface area contributed by atoms with E-state index in [9.17, 15) is 0 Å². The van der Waals surface area contributed by atoms with Crippen LogP contribution < -0.4 is 9.47 Å². The summed E-state index contributed by atoms with van der Waals surface area (Å²) in [5.41, 5.74) is 0. The van der Waals surface area contributed by atoms with E-state index < -0.39 is 0 Å². The van der Waals surface area contributed by atoms with Gasteiger partial charge in [-0.15, -0.1) is 0 Å². The summed E-state index contributed by atoms with van der Waals surface area (Å²) in [4.78, 5) is 4.26. The Labute approximate surface area is 155 Å². The number of nitrogens with zero attached hydrogens (tertiary/aromatic N) is 2. The third-order valence-corrected chi connectivity index (χ3v) is 4.40. The minimum absolute atomic E-state index is 0.655. The molecule has 4 nitrogen and oxygen atoms in total. The molecule has 0 radical (unpaired) electrons. The zero-order valence-corrected chi connectivity index (χ0v) is 16.2. The van der Waals surface area contributed by atoms with Crippen LogP contribution in [0.1, 0.15) is 0 Å². The van der Waals surface area contributed by atoms with E-state index >= 15 is 0 Å². The van der Waals surface area contributed by atoms with Crippen LogP contribution in [0, 0.1) is 0 Å². The predicted octanol–water partition coefficient (Wildman–Crippen LogP) is 3.87. The van der Waals surface area contributed by atoms with Crippen molar-refractivity contribution in [3.05, 3.63) is 48.5 Å². The van der Waals surface area contributed by atoms with Crippen molar-refractivity contribution < 1.29 is 9.47 Å². The first-order valence-electron chi connectivity index (χ1n) is 9.06. The molecule has 0 bridgehead atoms. The normalized spacial score (nSPS) is 11.6. The molecule has 0 atom stereocenters. The molecule has 3 aromatic rings. The summed E-state index contributed by atoms with van der Waals surface area (Å²) in [6.07, 6.45) is 0. The second-order valence-electron chi connectivity index (χ2n) is 7.05. The van der Waals surface area contributed by atoms with Gasteiger partial charge in [0.1, 0.15) is 24.7 Å². The molecule has 0 aliphatic carbocycles. The fourth-order valence-electron chi connectivity index (χ4n) is 3.02. The van der Waals surface area contributed by atoms with Crippen LogP contribution in [0.25, 0.3) is 21.5 Å². The highest BCUT2D eigenvalue weighted by Crippen LogP contribution is 2.42. The molecule has 0 spiro atoms. The molecule has 0 aliphatic rings. The van der Waals surface area contributed by atoms with Crippen LogP contribution in [-0.2, 0) is 0 Å². The van der Waals surface area contributed by atoms with Crippen molar-refractivity contribution in [2.45, 2.75) is 0 Å². The molecule has 3 rings (SSSR count). The average molecular weight is 352 g/mol. The van der Waals surface area contributed by atoms with E-state index in [0.29, 0.717) is 13.2 Å². The number of hydrogen-bond acceptors (Lipinski definition) is 4. The molecule has 4 heteroatoms. The Kier molecular flexibility index (Phi) is 5.96. The van der Waals surface area contributed by atoms with Gasteiger partial charge in [0.15, 0.2) is 0 Å². The Bertz CT molecular complexity index is 746. The summed E-state index contributed by atoms with van der Waals surface area (Å²) >= 11 is 0. The smallest absolute Gasteiger partial charge is 0.135 e. The molecular weight excluding hydrogens is 324 g/mol. The number of ether oxygens (including phenoxy) is 2. The number of benzene rings is 3. The van der Waals surface area contributed by atoms with E-state index in [1.54, 1.807) is 0 Å². The molecule has 0 saturated heterocycles.